The average Bonchev–Trinajstić information content (AvgIpc) is 2.21. The third-order valence-electron chi connectivity index (χ3n) is 2.21. The Morgan fingerprint density at radius 3 is 2.50 bits per heavy atom. The number of hydrogen-bond acceptors (Lipinski definition) is 2. The molecule has 0 bridgehead atoms. The molecule has 5 heteroatoms. The summed E-state index contributed by atoms with van der Waals surface area (Å²) in [6.45, 7) is 8.44. The molecule has 0 aliphatic heterocycles. The molecular formula is C13H18BrF2NO. The fourth-order valence-electron chi connectivity index (χ4n) is 1.33. The number of rotatable bonds is 4. The van der Waals surface area contributed by atoms with Gasteiger partial charge >= 0.3 is 0 Å². The Balaban J connectivity index is 2.67. The van der Waals surface area contributed by atoms with Gasteiger partial charge in [0, 0.05) is 16.6 Å². The van der Waals surface area contributed by atoms with Crippen molar-refractivity contribution in [2.24, 2.45) is 0 Å². The van der Waals surface area contributed by atoms with E-state index in [2.05, 4.69) is 21.2 Å². The summed E-state index contributed by atoms with van der Waals surface area (Å²) in [4.78, 5) is 0. The molecule has 2 nitrogen and oxygen atoms in total. The number of benzene rings is 1. The molecule has 102 valence electrons. The molecular weight excluding hydrogens is 304 g/mol. The molecule has 0 aromatic heterocycles. The smallest absolute Gasteiger partial charge is 0.200 e. The fourth-order valence-corrected chi connectivity index (χ4v) is 1.74. The monoisotopic (exact) mass is 321 g/mol. The van der Waals surface area contributed by atoms with Gasteiger partial charge in [-0.3, -0.25) is 0 Å². The minimum Gasteiger partial charge on any atom is -0.486 e. The lowest BCUT2D eigenvalue weighted by Gasteiger charge is -2.24. The molecule has 0 heterocycles. The maximum Gasteiger partial charge on any atom is 0.200 e. The van der Waals surface area contributed by atoms with Gasteiger partial charge < -0.3 is 10.1 Å². The molecule has 0 saturated heterocycles. The summed E-state index contributed by atoms with van der Waals surface area (Å²) in [5.41, 5.74) is -0.0430. The first-order valence-electron chi connectivity index (χ1n) is 5.75. The van der Waals surface area contributed by atoms with Crippen LogP contribution < -0.4 is 10.1 Å². The minimum atomic E-state index is -0.958. The zero-order valence-corrected chi connectivity index (χ0v) is 12.6. The van der Waals surface area contributed by atoms with Crippen LogP contribution in [0.2, 0.25) is 0 Å². The van der Waals surface area contributed by atoms with Crippen molar-refractivity contribution in [1.82, 2.24) is 5.32 Å². The second kappa shape index (κ2) is 5.97. The van der Waals surface area contributed by atoms with Crippen LogP contribution >= 0.6 is 15.9 Å². The van der Waals surface area contributed by atoms with E-state index in [1.807, 2.05) is 20.8 Å². The first-order valence-corrected chi connectivity index (χ1v) is 6.54. The normalized spacial score (nSPS) is 13.5. The lowest BCUT2D eigenvalue weighted by molar-refractivity contribution is 0.193. The standard InChI is InChI=1S/C13H18BrF2NO/c1-8(7-17-13(2,3)4)18-11-6-9(14)5-10(15)12(11)16/h5-6,8,17H,7H2,1-4H3. The van der Waals surface area contributed by atoms with Crippen LogP contribution in [0.5, 0.6) is 5.75 Å². The number of nitrogens with one attached hydrogen (secondary N) is 1. The van der Waals surface area contributed by atoms with Gasteiger partial charge in [-0.25, -0.2) is 4.39 Å². The van der Waals surface area contributed by atoms with E-state index in [0.29, 0.717) is 11.0 Å². The van der Waals surface area contributed by atoms with Crippen LogP contribution in [0, 0.1) is 11.6 Å². The largest absolute Gasteiger partial charge is 0.486 e. The summed E-state index contributed by atoms with van der Waals surface area (Å²) in [5, 5.41) is 3.24. The van der Waals surface area contributed by atoms with Crippen LogP contribution in [-0.4, -0.2) is 18.2 Å². The molecule has 0 aliphatic rings. The van der Waals surface area contributed by atoms with E-state index in [4.69, 9.17) is 4.74 Å². The molecule has 0 spiro atoms. The number of halogens is 3. The van der Waals surface area contributed by atoms with Crippen molar-refractivity contribution < 1.29 is 13.5 Å². The summed E-state index contributed by atoms with van der Waals surface area (Å²) in [7, 11) is 0. The molecule has 1 atom stereocenters. The van der Waals surface area contributed by atoms with Gasteiger partial charge in [0.2, 0.25) is 5.82 Å². The highest BCUT2D eigenvalue weighted by Crippen LogP contribution is 2.26. The molecule has 1 aromatic carbocycles. The average molecular weight is 322 g/mol. The Hall–Kier alpha value is -0.680. The molecule has 0 saturated carbocycles. The molecule has 1 aromatic rings. The molecule has 0 fully saturated rings. The van der Waals surface area contributed by atoms with Crippen LogP contribution in [0.3, 0.4) is 0 Å². The SMILES string of the molecule is CC(CNC(C)(C)C)Oc1cc(Br)cc(F)c1F. The van der Waals surface area contributed by atoms with Gasteiger partial charge in [-0.1, -0.05) is 15.9 Å². The van der Waals surface area contributed by atoms with Gasteiger partial charge in [0.1, 0.15) is 6.10 Å². The van der Waals surface area contributed by atoms with Crippen molar-refractivity contribution in [3.05, 3.63) is 28.2 Å². The van der Waals surface area contributed by atoms with Crippen molar-refractivity contribution in [3.63, 3.8) is 0 Å². The Kier molecular flexibility index (Phi) is 5.10. The van der Waals surface area contributed by atoms with E-state index in [9.17, 15) is 8.78 Å². The summed E-state index contributed by atoms with van der Waals surface area (Å²) in [5.74, 6) is -1.96. The lowest BCUT2D eigenvalue weighted by atomic mass is 10.1. The predicted octanol–water partition coefficient (Wildman–Crippen LogP) is 3.88. The van der Waals surface area contributed by atoms with Crippen LogP contribution in [-0.2, 0) is 0 Å². The summed E-state index contributed by atoms with van der Waals surface area (Å²) in [6, 6.07) is 2.49. The Labute approximate surface area is 115 Å². The van der Waals surface area contributed by atoms with E-state index >= 15 is 0 Å². The van der Waals surface area contributed by atoms with Gasteiger partial charge in [0.05, 0.1) is 0 Å². The Morgan fingerprint density at radius 1 is 1.33 bits per heavy atom. The maximum atomic E-state index is 13.5. The van der Waals surface area contributed by atoms with Crippen LogP contribution in [0.4, 0.5) is 8.78 Å². The van der Waals surface area contributed by atoms with Crippen LogP contribution in [0.25, 0.3) is 0 Å². The van der Waals surface area contributed by atoms with E-state index in [-0.39, 0.29) is 17.4 Å². The summed E-state index contributed by atoms with van der Waals surface area (Å²) >= 11 is 3.11. The third kappa shape index (κ3) is 4.90. The molecule has 0 aliphatic carbocycles. The first kappa shape index (κ1) is 15.4. The fraction of sp³-hybridized carbons (Fsp3) is 0.538. The second-order valence-corrected chi connectivity index (χ2v) is 6.17. The molecule has 18 heavy (non-hydrogen) atoms. The first-order chi connectivity index (χ1) is 8.19. The Morgan fingerprint density at radius 2 is 1.94 bits per heavy atom. The van der Waals surface area contributed by atoms with Crippen molar-refractivity contribution in [2.75, 3.05) is 6.54 Å². The summed E-state index contributed by atoms with van der Waals surface area (Å²) < 4.78 is 32.5. The molecule has 1 N–H and O–H groups in total. The third-order valence-corrected chi connectivity index (χ3v) is 2.67. The zero-order chi connectivity index (χ0) is 13.9. The van der Waals surface area contributed by atoms with Crippen molar-refractivity contribution in [2.45, 2.75) is 39.3 Å². The van der Waals surface area contributed by atoms with E-state index in [0.717, 1.165) is 6.07 Å². The van der Waals surface area contributed by atoms with E-state index in [1.54, 1.807) is 6.92 Å². The van der Waals surface area contributed by atoms with Gasteiger partial charge in [-0.2, -0.15) is 4.39 Å². The summed E-state index contributed by atoms with van der Waals surface area (Å²) in [6.07, 6.45) is -0.257. The maximum absolute atomic E-state index is 13.5. The van der Waals surface area contributed by atoms with Crippen molar-refractivity contribution in [1.29, 1.82) is 0 Å². The van der Waals surface area contributed by atoms with Crippen molar-refractivity contribution >= 4 is 15.9 Å². The Bertz CT molecular complexity index is 418. The quantitative estimate of drug-likeness (QED) is 0.850. The van der Waals surface area contributed by atoms with Gasteiger partial charge in [0.25, 0.3) is 0 Å². The van der Waals surface area contributed by atoms with E-state index < -0.39 is 11.6 Å². The molecule has 1 unspecified atom stereocenters. The zero-order valence-electron chi connectivity index (χ0n) is 11.0. The van der Waals surface area contributed by atoms with Gasteiger partial charge in [0.15, 0.2) is 11.6 Å². The highest BCUT2D eigenvalue weighted by Gasteiger charge is 2.16. The van der Waals surface area contributed by atoms with Crippen LogP contribution in [0.1, 0.15) is 27.7 Å². The minimum absolute atomic E-state index is 0.0430. The van der Waals surface area contributed by atoms with Crippen molar-refractivity contribution in [3.8, 4) is 5.75 Å². The highest BCUT2D eigenvalue weighted by molar-refractivity contribution is 9.10. The van der Waals surface area contributed by atoms with Gasteiger partial charge in [-0.05, 0) is 39.8 Å². The number of hydrogen-bond donors (Lipinski definition) is 1. The topological polar surface area (TPSA) is 21.3 Å². The van der Waals surface area contributed by atoms with Gasteiger partial charge in [-0.15, -0.1) is 0 Å². The molecule has 0 amide bonds. The highest BCUT2D eigenvalue weighted by atomic mass is 79.9. The van der Waals surface area contributed by atoms with E-state index in [1.165, 1.54) is 6.07 Å². The number of ether oxygens (including phenoxy) is 1. The predicted molar refractivity (Wildman–Crippen MR) is 71.9 cm³/mol. The molecule has 0 radical (unpaired) electrons. The lowest BCUT2D eigenvalue weighted by Crippen LogP contribution is -2.41. The molecule has 1 rings (SSSR count). The van der Waals surface area contributed by atoms with Crippen LogP contribution in [0.15, 0.2) is 16.6 Å². The second-order valence-electron chi connectivity index (χ2n) is 5.26.